The van der Waals surface area contributed by atoms with Crippen LogP contribution in [0.15, 0.2) is 76.4 Å². The Bertz CT molecular complexity index is 1320. The Hall–Kier alpha value is -3.64. The third-order valence-electron chi connectivity index (χ3n) is 6.46. The van der Waals surface area contributed by atoms with Crippen molar-refractivity contribution in [2.24, 2.45) is 0 Å². The van der Waals surface area contributed by atoms with Gasteiger partial charge in [-0.05, 0) is 60.8 Å². The number of phenols is 1. The van der Waals surface area contributed by atoms with Crippen LogP contribution < -0.4 is 10.2 Å². The molecular formula is C27H26N2O4. The maximum Gasteiger partial charge on any atom is 0.200 e. The van der Waals surface area contributed by atoms with Crippen molar-refractivity contribution in [3.05, 3.63) is 88.5 Å². The van der Waals surface area contributed by atoms with Gasteiger partial charge in [-0.2, -0.15) is 0 Å². The van der Waals surface area contributed by atoms with E-state index in [2.05, 4.69) is 16.0 Å². The quantitative estimate of drug-likeness (QED) is 0.452. The Labute approximate surface area is 192 Å². The van der Waals surface area contributed by atoms with Crippen molar-refractivity contribution < 1.29 is 14.3 Å². The number of phenolic OH excluding ortho intramolecular Hbond substituents is 1. The second-order valence-electron chi connectivity index (χ2n) is 8.42. The first-order valence-electron chi connectivity index (χ1n) is 11.2. The third-order valence-corrected chi connectivity index (χ3v) is 6.46. The molecule has 1 atom stereocenters. The van der Waals surface area contributed by atoms with Crippen LogP contribution in [-0.2, 0) is 6.54 Å². The van der Waals surface area contributed by atoms with Gasteiger partial charge in [0.1, 0.15) is 23.3 Å². The fourth-order valence-electron chi connectivity index (χ4n) is 4.70. The molecule has 168 valence electrons. The molecule has 6 heteroatoms. The van der Waals surface area contributed by atoms with Crippen molar-refractivity contribution in [2.45, 2.75) is 31.8 Å². The van der Waals surface area contributed by atoms with Crippen molar-refractivity contribution in [2.75, 3.05) is 13.7 Å². The molecule has 0 aliphatic carbocycles. The van der Waals surface area contributed by atoms with Crippen LogP contribution in [-0.4, -0.2) is 28.6 Å². The van der Waals surface area contributed by atoms with Gasteiger partial charge in [0, 0.05) is 25.0 Å². The molecule has 1 fully saturated rings. The van der Waals surface area contributed by atoms with Gasteiger partial charge in [0.25, 0.3) is 0 Å². The van der Waals surface area contributed by atoms with Crippen molar-refractivity contribution in [3.8, 4) is 22.6 Å². The summed E-state index contributed by atoms with van der Waals surface area (Å²) in [4.78, 5) is 20.0. The molecule has 0 spiro atoms. The maximum atomic E-state index is 13.3. The molecule has 33 heavy (non-hydrogen) atoms. The Morgan fingerprint density at radius 1 is 1.15 bits per heavy atom. The van der Waals surface area contributed by atoms with E-state index in [-0.39, 0.29) is 17.2 Å². The Balaban J connectivity index is 1.53. The van der Waals surface area contributed by atoms with Gasteiger partial charge in [-0.15, -0.1) is 0 Å². The SMILES string of the molecule is COc1ccc(-c2coc3c(CN4CCCCC4c4cccnc4)c(O)ccc3c2=O)cc1. The highest BCUT2D eigenvalue weighted by molar-refractivity contribution is 5.85. The minimum atomic E-state index is -0.120. The number of methoxy groups -OCH3 is 1. The first-order valence-corrected chi connectivity index (χ1v) is 11.2. The number of aromatic hydroxyl groups is 1. The van der Waals surface area contributed by atoms with Crippen LogP contribution >= 0.6 is 0 Å². The van der Waals surface area contributed by atoms with Crippen molar-refractivity contribution >= 4 is 11.0 Å². The Morgan fingerprint density at radius 3 is 2.76 bits per heavy atom. The van der Waals surface area contributed by atoms with Gasteiger partial charge in [-0.3, -0.25) is 14.7 Å². The van der Waals surface area contributed by atoms with E-state index in [9.17, 15) is 9.90 Å². The van der Waals surface area contributed by atoms with Crippen LogP contribution in [0.25, 0.3) is 22.1 Å². The lowest BCUT2D eigenvalue weighted by Gasteiger charge is -2.36. The molecule has 0 saturated carbocycles. The van der Waals surface area contributed by atoms with E-state index in [1.54, 1.807) is 25.4 Å². The molecule has 4 aromatic rings. The number of hydrogen-bond acceptors (Lipinski definition) is 6. The lowest BCUT2D eigenvalue weighted by Crippen LogP contribution is -2.33. The molecule has 1 saturated heterocycles. The number of rotatable bonds is 5. The molecule has 1 aliphatic heterocycles. The highest BCUT2D eigenvalue weighted by atomic mass is 16.5. The summed E-state index contributed by atoms with van der Waals surface area (Å²) in [5, 5.41) is 11.2. The molecule has 0 amide bonds. The van der Waals surface area contributed by atoms with Gasteiger partial charge in [0.05, 0.1) is 23.6 Å². The van der Waals surface area contributed by atoms with E-state index in [4.69, 9.17) is 9.15 Å². The molecule has 0 bridgehead atoms. The molecule has 3 heterocycles. The summed E-state index contributed by atoms with van der Waals surface area (Å²) in [6.07, 6.45) is 8.45. The highest BCUT2D eigenvalue weighted by Gasteiger charge is 2.26. The highest BCUT2D eigenvalue weighted by Crippen LogP contribution is 2.35. The number of nitrogens with zero attached hydrogens (tertiary/aromatic N) is 2. The van der Waals surface area contributed by atoms with E-state index in [0.717, 1.165) is 37.1 Å². The number of aromatic nitrogens is 1. The van der Waals surface area contributed by atoms with Crippen LogP contribution in [0.3, 0.4) is 0 Å². The maximum absolute atomic E-state index is 13.3. The number of ether oxygens (including phenoxy) is 1. The minimum Gasteiger partial charge on any atom is -0.507 e. The summed E-state index contributed by atoms with van der Waals surface area (Å²) in [5.41, 5.74) is 3.36. The number of fused-ring (bicyclic) bond motifs is 1. The number of pyridine rings is 1. The summed E-state index contributed by atoms with van der Waals surface area (Å²) >= 11 is 0. The van der Waals surface area contributed by atoms with Gasteiger partial charge in [-0.1, -0.05) is 24.6 Å². The second-order valence-corrected chi connectivity index (χ2v) is 8.42. The molecule has 1 unspecified atom stereocenters. The van der Waals surface area contributed by atoms with Crippen molar-refractivity contribution in [3.63, 3.8) is 0 Å². The molecule has 1 aliphatic rings. The van der Waals surface area contributed by atoms with E-state index >= 15 is 0 Å². The summed E-state index contributed by atoms with van der Waals surface area (Å²) in [6, 6.07) is 14.8. The van der Waals surface area contributed by atoms with Crippen molar-refractivity contribution in [1.29, 1.82) is 0 Å². The lowest BCUT2D eigenvalue weighted by molar-refractivity contribution is 0.139. The number of likely N-dealkylation sites (tertiary alicyclic amines) is 1. The molecule has 6 nitrogen and oxygen atoms in total. The zero-order chi connectivity index (χ0) is 22.8. The smallest absolute Gasteiger partial charge is 0.200 e. The van der Waals surface area contributed by atoms with E-state index in [1.165, 1.54) is 11.8 Å². The molecule has 2 aromatic carbocycles. The second kappa shape index (κ2) is 9.08. The first-order chi connectivity index (χ1) is 16.2. The normalized spacial score (nSPS) is 16.7. The average molecular weight is 443 g/mol. The van der Waals surface area contributed by atoms with Gasteiger partial charge in [-0.25, -0.2) is 0 Å². The Kier molecular flexibility index (Phi) is 5.84. The van der Waals surface area contributed by atoms with Gasteiger partial charge in [0.2, 0.25) is 5.43 Å². The van der Waals surface area contributed by atoms with E-state index < -0.39 is 0 Å². The lowest BCUT2D eigenvalue weighted by atomic mass is 9.95. The minimum absolute atomic E-state index is 0.120. The fraction of sp³-hybridized carbons (Fsp3) is 0.259. The molecule has 1 N–H and O–H groups in total. The zero-order valence-corrected chi connectivity index (χ0v) is 18.5. The largest absolute Gasteiger partial charge is 0.507 e. The van der Waals surface area contributed by atoms with Crippen LogP contribution in [0.5, 0.6) is 11.5 Å². The fourth-order valence-corrected chi connectivity index (χ4v) is 4.70. The van der Waals surface area contributed by atoms with E-state index in [0.29, 0.717) is 28.6 Å². The zero-order valence-electron chi connectivity index (χ0n) is 18.5. The topological polar surface area (TPSA) is 75.8 Å². The molecule has 0 radical (unpaired) electrons. The van der Waals surface area contributed by atoms with E-state index in [1.807, 2.05) is 36.5 Å². The van der Waals surface area contributed by atoms with Crippen LogP contribution in [0.4, 0.5) is 0 Å². The first kappa shape index (κ1) is 21.2. The summed E-state index contributed by atoms with van der Waals surface area (Å²) in [6.45, 7) is 1.40. The van der Waals surface area contributed by atoms with Gasteiger partial charge >= 0.3 is 0 Å². The predicted octanol–water partition coefficient (Wildman–Crippen LogP) is 5.30. The summed E-state index contributed by atoms with van der Waals surface area (Å²) in [5.74, 6) is 0.860. The summed E-state index contributed by atoms with van der Waals surface area (Å²) in [7, 11) is 1.61. The number of piperidine rings is 1. The standard InChI is InChI=1S/C27H26N2O4/c1-32-20-9-7-18(8-10-20)23-17-33-27-21(26(23)31)11-12-25(30)22(27)16-29-14-3-2-6-24(29)19-5-4-13-28-15-19/h4-5,7-13,15,17,24,30H,2-3,6,14,16H2,1H3. The molecule has 5 rings (SSSR count). The Morgan fingerprint density at radius 2 is 2.00 bits per heavy atom. The number of benzene rings is 2. The number of hydrogen-bond donors (Lipinski definition) is 1. The molecule has 2 aromatic heterocycles. The van der Waals surface area contributed by atoms with Gasteiger partial charge < -0.3 is 14.3 Å². The van der Waals surface area contributed by atoms with Gasteiger partial charge in [0.15, 0.2) is 0 Å². The molecular weight excluding hydrogens is 416 g/mol. The monoisotopic (exact) mass is 442 g/mol. The summed E-state index contributed by atoms with van der Waals surface area (Å²) < 4.78 is 11.2. The van der Waals surface area contributed by atoms with Crippen LogP contribution in [0.2, 0.25) is 0 Å². The third kappa shape index (κ3) is 4.10. The van der Waals surface area contributed by atoms with Crippen LogP contribution in [0.1, 0.15) is 36.4 Å². The van der Waals surface area contributed by atoms with Crippen molar-refractivity contribution in [1.82, 2.24) is 9.88 Å². The average Bonchev–Trinajstić information content (AvgIpc) is 2.87. The van der Waals surface area contributed by atoms with Crippen LogP contribution in [0, 0.1) is 0 Å². The predicted molar refractivity (Wildman–Crippen MR) is 127 cm³/mol.